The monoisotopic (exact) mass is 690 g/mol. The van der Waals surface area contributed by atoms with Crippen LogP contribution in [-0.4, -0.2) is 58.1 Å². The summed E-state index contributed by atoms with van der Waals surface area (Å²) in [7, 11) is 1.70. The molecule has 4 rings (SSSR count). The van der Waals surface area contributed by atoms with Crippen LogP contribution in [0.2, 0.25) is 0 Å². The van der Waals surface area contributed by atoms with Crippen LogP contribution in [0, 0.1) is 0 Å². The number of rotatable bonds is 17. The number of benzene rings is 2. The molecular weight excluding hydrogens is 645 g/mol. The Morgan fingerprint density at radius 2 is 1.50 bits per heavy atom. The lowest BCUT2D eigenvalue weighted by Crippen LogP contribution is -2.52. The Balaban J connectivity index is 1.40. The van der Waals surface area contributed by atoms with Gasteiger partial charge in [0, 0.05) is 36.6 Å². The first-order chi connectivity index (χ1) is 23.2. The Labute approximate surface area is 291 Å². The number of urea groups is 1. The van der Waals surface area contributed by atoms with Crippen molar-refractivity contribution in [3.05, 3.63) is 104 Å². The van der Waals surface area contributed by atoms with Crippen LogP contribution in [0.25, 0.3) is 0 Å². The fourth-order valence-corrected chi connectivity index (χ4v) is 6.53. The zero-order valence-electron chi connectivity index (χ0n) is 28.1. The van der Waals surface area contributed by atoms with Crippen molar-refractivity contribution in [1.29, 1.82) is 0 Å². The van der Waals surface area contributed by atoms with Crippen molar-refractivity contribution >= 4 is 40.7 Å². The predicted octanol–water partition coefficient (Wildman–Crippen LogP) is 6.69. The number of carbonyl (C=O) groups is 3. The van der Waals surface area contributed by atoms with Crippen LogP contribution in [0.3, 0.4) is 0 Å². The van der Waals surface area contributed by atoms with E-state index in [1.54, 1.807) is 35.0 Å². The maximum absolute atomic E-state index is 13.6. The lowest BCUT2D eigenvalue weighted by atomic mass is 9.95. The van der Waals surface area contributed by atoms with Crippen molar-refractivity contribution in [1.82, 2.24) is 30.8 Å². The molecule has 0 fully saturated rings. The first-order valence-electron chi connectivity index (χ1n) is 16.3. The molecule has 0 aliphatic carbocycles. The number of thiazole rings is 2. The lowest BCUT2D eigenvalue weighted by molar-refractivity contribution is -0.123. The number of hydrogen-bond donors (Lipinski definition) is 3. The maximum atomic E-state index is 13.6. The highest BCUT2D eigenvalue weighted by Gasteiger charge is 2.25. The van der Waals surface area contributed by atoms with Crippen molar-refractivity contribution in [2.45, 2.75) is 90.1 Å². The van der Waals surface area contributed by atoms with Crippen LogP contribution in [0.5, 0.6) is 0 Å². The quantitative estimate of drug-likeness (QED) is 0.113. The third-order valence-corrected chi connectivity index (χ3v) is 9.79. The molecule has 4 amide bonds. The third kappa shape index (κ3) is 12.1. The Morgan fingerprint density at radius 3 is 2.04 bits per heavy atom. The number of nitrogens with zero attached hydrogens (tertiary/aromatic N) is 3. The largest absolute Gasteiger partial charge is 0.444 e. The van der Waals surface area contributed by atoms with Gasteiger partial charge in [-0.15, -0.1) is 22.7 Å². The summed E-state index contributed by atoms with van der Waals surface area (Å²) in [5.41, 5.74) is 4.70. The van der Waals surface area contributed by atoms with Crippen molar-refractivity contribution in [2.75, 3.05) is 7.05 Å². The van der Waals surface area contributed by atoms with Gasteiger partial charge in [-0.05, 0) is 43.2 Å². The standard InChI is InChI=1S/C36H46N6O4S2/c1-5-32(41-35(44)42(4)21-30-23-47-34(39-30)25(2)3)33(43)38-28(18-26-12-8-6-9-13-26)16-17-29(19-27-14-10-7-11-15-27)40-36(45)46-22-31-20-37-24-48-31/h6-15,20,23-25,28-29,32H,5,16-19,21-22H2,1-4H3,(H,38,43)(H,40,45)(H,41,44). The molecule has 0 saturated heterocycles. The summed E-state index contributed by atoms with van der Waals surface area (Å²) >= 11 is 3.02. The SMILES string of the molecule is CCC(NC(=O)N(C)Cc1csc(C(C)C)n1)C(=O)NC(CCC(Cc1ccccc1)NC(=O)OCc1cncs1)Cc1ccccc1. The van der Waals surface area contributed by atoms with Crippen molar-refractivity contribution in [3.63, 3.8) is 0 Å². The molecule has 10 nitrogen and oxygen atoms in total. The number of ether oxygens (including phenoxy) is 1. The van der Waals surface area contributed by atoms with E-state index in [9.17, 15) is 14.4 Å². The van der Waals surface area contributed by atoms with Crippen LogP contribution in [0.1, 0.15) is 72.7 Å². The molecule has 0 spiro atoms. The summed E-state index contributed by atoms with van der Waals surface area (Å²) in [6, 6.07) is 18.5. The highest BCUT2D eigenvalue weighted by molar-refractivity contribution is 7.09. The van der Waals surface area contributed by atoms with Crippen LogP contribution < -0.4 is 16.0 Å². The first kappa shape index (κ1) is 36.5. The minimum absolute atomic E-state index is 0.156. The van der Waals surface area contributed by atoms with Crippen molar-refractivity contribution in [2.24, 2.45) is 0 Å². The second-order valence-corrected chi connectivity index (χ2v) is 14.0. The Kier molecular flexibility index (Phi) is 14.4. The van der Waals surface area contributed by atoms with Gasteiger partial charge in [-0.25, -0.2) is 14.6 Å². The van der Waals surface area contributed by atoms with E-state index in [-0.39, 0.29) is 30.6 Å². The minimum atomic E-state index is -0.708. The normalized spacial score (nSPS) is 12.9. The van der Waals surface area contributed by atoms with E-state index in [1.165, 1.54) is 11.3 Å². The van der Waals surface area contributed by atoms with Crippen LogP contribution >= 0.6 is 22.7 Å². The van der Waals surface area contributed by atoms with Gasteiger partial charge < -0.3 is 25.6 Å². The lowest BCUT2D eigenvalue weighted by Gasteiger charge is -2.26. The average molecular weight is 691 g/mol. The van der Waals surface area contributed by atoms with Crippen molar-refractivity contribution in [3.8, 4) is 0 Å². The van der Waals surface area contributed by atoms with Crippen molar-refractivity contribution < 1.29 is 19.1 Å². The molecule has 2 heterocycles. The van der Waals surface area contributed by atoms with Gasteiger partial charge in [0.1, 0.15) is 12.6 Å². The molecule has 48 heavy (non-hydrogen) atoms. The Bertz CT molecular complexity index is 1550. The first-order valence-corrected chi connectivity index (χ1v) is 18.1. The van der Waals surface area contributed by atoms with Crippen LogP contribution in [0.15, 0.2) is 77.8 Å². The zero-order valence-corrected chi connectivity index (χ0v) is 29.7. The molecule has 2 aromatic carbocycles. The number of amides is 4. The molecule has 2 aromatic heterocycles. The summed E-state index contributed by atoms with van der Waals surface area (Å²) in [5.74, 6) is 0.0831. The number of aromatic nitrogens is 2. The highest BCUT2D eigenvalue weighted by Crippen LogP contribution is 2.20. The highest BCUT2D eigenvalue weighted by atomic mass is 32.1. The molecular formula is C36H46N6O4S2. The second-order valence-electron chi connectivity index (χ2n) is 12.1. The molecule has 12 heteroatoms. The fraction of sp³-hybridized carbons (Fsp3) is 0.417. The number of alkyl carbamates (subject to hydrolysis) is 1. The fourth-order valence-electron chi connectivity index (χ4n) is 5.20. The second kappa shape index (κ2) is 18.9. The average Bonchev–Trinajstić information content (AvgIpc) is 3.79. The van der Waals surface area contributed by atoms with E-state index in [0.717, 1.165) is 26.7 Å². The molecule has 3 unspecified atom stereocenters. The van der Waals surface area contributed by atoms with Gasteiger partial charge in [0.25, 0.3) is 0 Å². The molecule has 0 bridgehead atoms. The van der Waals surface area contributed by atoms with Gasteiger partial charge in [0.2, 0.25) is 5.91 Å². The summed E-state index contributed by atoms with van der Waals surface area (Å²) < 4.78 is 5.48. The molecule has 0 radical (unpaired) electrons. The third-order valence-electron chi connectivity index (χ3n) is 7.84. The molecule has 0 aliphatic heterocycles. The Morgan fingerprint density at radius 1 is 0.875 bits per heavy atom. The van der Waals surface area contributed by atoms with E-state index in [0.29, 0.717) is 44.6 Å². The van der Waals surface area contributed by atoms with Gasteiger partial charge in [0.05, 0.1) is 27.6 Å². The van der Waals surface area contributed by atoms with E-state index in [2.05, 4.69) is 39.8 Å². The maximum Gasteiger partial charge on any atom is 0.407 e. The van der Waals surface area contributed by atoms with E-state index in [4.69, 9.17) is 4.74 Å². The van der Waals surface area contributed by atoms with Gasteiger partial charge in [-0.1, -0.05) is 81.4 Å². The summed E-state index contributed by atoms with van der Waals surface area (Å²) in [5, 5.41) is 12.2. The molecule has 256 valence electrons. The summed E-state index contributed by atoms with van der Waals surface area (Å²) in [6.07, 6.45) is 4.03. The zero-order chi connectivity index (χ0) is 34.3. The van der Waals surface area contributed by atoms with E-state index in [1.807, 2.05) is 73.0 Å². The number of carbonyl (C=O) groups excluding carboxylic acids is 3. The molecule has 3 atom stereocenters. The number of nitrogens with one attached hydrogen (secondary N) is 3. The van der Waals surface area contributed by atoms with Gasteiger partial charge in [0.15, 0.2) is 0 Å². The molecule has 3 N–H and O–H groups in total. The molecule has 4 aromatic rings. The van der Waals surface area contributed by atoms with E-state index >= 15 is 0 Å². The summed E-state index contributed by atoms with van der Waals surface area (Å²) in [6.45, 7) is 6.57. The van der Waals surface area contributed by atoms with Crippen LogP contribution in [-0.2, 0) is 35.5 Å². The minimum Gasteiger partial charge on any atom is -0.444 e. The predicted molar refractivity (Wildman–Crippen MR) is 191 cm³/mol. The smallest absolute Gasteiger partial charge is 0.407 e. The van der Waals surface area contributed by atoms with Gasteiger partial charge >= 0.3 is 12.1 Å². The molecule has 0 aliphatic rings. The van der Waals surface area contributed by atoms with Gasteiger partial charge in [-0.3, -0.25) is 9.78 Å². The summed E-state index contributed by atoms with van der Waals surface area (Å²) in [4.78, 5) is 50.6. The Hall–Kier alpha value is -4.29. The topological polar surface area (TPSA) is 126 Å². The van der Waals surface area contributed by atoms with E-state index < -0.39 is 12.1 Å². The molecule has 0 saturated carbocycles. The van der Waals surface area contributed by atoms with Gasteiger partial charge in [-0.2, -0.15) is 0 Å². The number of hydrogen-bond acceptors (Lipinski definition) is 8. The van der Waals surface area contributed by atoms with Crippen LogP contribution in [0.4, 0.5) is 9.59 Å².